The Bertz CT molecular complexity index is 137. The van der Waals surface area contributed by atoms with Gasteiger partial charge < -0.3 is 0 Å². The second-order valence-electron chi connectivity index (χ2n) is 3.87. The van der Waals surface area contributed by atoms with Crippen LogP contribution in [-0.4, -0.2) is 0 Å². The molecule has 0 aromatic heterocycles. The fourth-order valence-corrected chi connectivity index (χ4v) is 1.70. The lowest BCUT2D eigenvalue weighted by Crippen LogP contribution is -1.77. The van der Waals surface area contributed by atoms with Crippen molar-refractivity contribution >= 4 is 0 Å². The van der Waals surface area contributed by atoms with Gasteiger partial charge in [-0.05, 0) is 51.4 Å². The molecule has 0 aromatic carbocycles. The van der Waals surface area contributed by atoms with Gasteiger partial charge in [-0.3, -0.25) is 0 Å². The highest BCUT2D eigenvalue weighted by atomic mass is 13.9. The van der Waals surface area contributed by atoms with Gasteiger partial charge in [-0.2, -0.15) is 0 Å². The van der Waals surface area contributed by atoms with Crippen LogP contribution in [-0.2, 0) is 0 Å². The molecule has 0 spiro atoms. The quantitative estimate of drug-likeness (QED) is 0.475. The van der Waals surface area contributed by atoms with Gasteiger partial charge in [0.15, 0.2) is 0 Å². The van der Waals surface area contributed by atoms with Gasteiger partial charge in [0, 0.05) is 0 Å². The third kappa shape index (κ3) is 6.62. The Balaban J connectivity index is 0.000000132. The monoisotopic (exact) mass is 178 g/mol. The molecule has 2 aliphatic carbocycles. The zero-order chi connectivity index (χ0) is 9.19. The SMILES string of the molecule is C1=CCCCC1.C1=CCCCCC1. The van der Waals surface area contributed by atoms with Crippen molar-refractivity contribution in [3.05, 3.63) is 24.3 Å². The van der Waals surface area contributed by atoms with E-state index in [2.05, 4.69) is 24.3 Å². The van der Waals surface area contributed by atoms with Gasteiger partial charge in [0.2, 0.25) is 0 Å². The molecule has 0 fully saturated rings. The molecule has 0 bridgehead atoms. The number of allylic oxidation sites excluding steroid dienone is 4. The van der Waals surface area contributed by atoms with E-state index in [0.717, 1.165) is 0 Å². The van der Waals surface area contributed by atoms with E-state index in [1.165, 1.54) is 57.8 Å². The molecule has 0 aromatic rings. The highest BCUT2D eigenvalue weighted by Gasteiger charge is 1.88. The fourth-order valence-electron chi connectivity index (χ4n) is 1.70. The summed E-state index contributed by atoms with van der Waals surface area (Å²) in [5.41, 5.74) is 0. The van der Waals surface area contributed by atoms with E-state index < -0.39 is 0 Å². The summed E-state index contributed by atoms with van der Waals surface area (Å²) in [5, 5.41) is 0. The summed E-state index contributed by atoms with van der Waals surface area (Å²) in [6.45, 7) is 0. The van der Waals surface area contributed by atoms with Crippen molar-refractivity contribution < 1.29 is 0 Å². The molecule has 2 aliphatic rings. The molecule has 0 aliphatic heterocycles. The minimum Gasteiger partial charge on any atom is -0.0885 e. The average molecular weight is 178 g/mol. The highest BCUT2D eigenvalue weighted by molar-refractivity contribution is 4.85. The maximum Gasteiger partial charge on any atom is -0.0351 e. The first kappa shape index (κ1) is 10.6. The molecule has 0 N–H and O–H groups in total. The number of hydrogen-bond donors (Lipinski definition) is 0. The van der Waals surface area contributed by atoms with Crippen molar-refractivity contribution in [2.24, 2.45) is 0 Å². The molecule has 0 atom stereocenters. The van der Waals surface area contributed by atoms with Gasteiger partial charge in [0.25, 0.3) is 0 Å². The second kappa shape index (κ2) is 8.10. The zero-order valence-corrected chi connectivity index (χ0v) is 8.67. The Labute approximate surface area is 82.7 Å². The molecule has 0 heterocycles. The van der Waals surface area contributed by atoms with E-state index in [-0.39, 0.29) is 0 Å². The predicted octanol–water partition coefficient (Wildman–Crippen LogP) is 4.62. The molecule has 0 unspecified atom stereocenters. The summed E-state index contributed by atoms with van der Waals surface area (Å²) in [7, 11) is 0. The molecule has 13 heavy (non-hydrogen) atoms. The molecule has 2 rings (SSSR count). The molecule has 0 saturated heterocycles. The van der Waals surface area contributed by atoms with Crippen molar-refractivity contribution in [2.45, 2.75) is 57.8 Å². The Hall–Kier alpha value is -0.520. The lowest BCUT2D eigenvalue weighted by Gasteiger charge is -1.97. The Morgan fingerprint density at radius 3 is 1.08 bits per heavy atom. The first-order valence-electron chi connectivity index (χ1n) is 5.80. The minimum atomic E-state index is 1.32. The summed E-state index contributed by atoms with van der Waals surface area (Å²) in [6.07, 6.45) is 21.5. The van der Waals surface area contributed by atoms with Crippen molar-refractivity contribution in [1.29, 1.82) is 0 Å². The normalized spacial score (nSPS) is 21.5. The molecular weight excluding hydrogens is 156 g/mol. The molecule has 0 heteroatoms. The van der Waals surface area contributed by atoms with E-state index in [0.29, 0.717) is 0 Å². The van der Waals surface area contributed by atoms with Crippen LogP contribution in [0.4, 0.5) is 0 Å². The van der Waals surface area contributed by atoms with E-state index >= 15 is 0 Å². The fraction of sp³-hybridized carbons (Fsp3) is 0.692. The number of rotatable bonds is 0. The van der Waals surface area contributed by atoms with E-state index in [9.17, 15) is 0 Å². The van der Waals surface area contributed by atoms with Crippen LogP contribution in [0.25, 0.3) is 0 Å². The minimum absolute atomic E-state index is 1.32. The van der Waals surface area contributed by atoms with E-state index in [4.69, 9.17) is 0 Å². The first-order valence-corrected chi connectivity index (χ1v) is 5.80. The maximum absolute atomic E-state index is 2.30. The van der Waals surface area contributed by atoms with Crippen LogP contribution in [0.3, 0.4) is 0 Å². The molecule has 0 saturated carbocycles. The van der Waals surface area contributed by atoms with Gasteiger partial charge >= 0.3 is 0 Å². The Kier molecular flexibility index (Phi) is 6.58. The van der Waals surface area contributed by atoms with Crippen molar-refractivity contribution in [3.8, 4) is 0 Å². The largest absolute Gasteiger partial charge is 0.0885 e. The summed E-state index contributed by atoms with van der Waals surface area (Å²) in [6, 6.07) is 0. The van der Waals surface area contributed by atoms with Gasteiger partial charge in [-0.25, -0.2) is 0 Å². The molecule has 0 radical (unpaired) electrons. The third-order valence-electron chi connectivity index (χ3n) is 2.57. The Morgan fingerprint density at radius 2 is 0.692 bits per heavy atom. The van der Waals surface area contributed by atoms with E-state index in [1.54, 1.807) is 0 Å². The lowest BCUT2D eigenvalue weighted by molar-refractivity contribution is 0.718. The van der Waals surface area contributed by atoms with Gasteiger partial charge in [-0.15, -0.1) is 0 Å². The number of hydrogen-bond acceptors (Lipinski definition) is 0. The van der Waals surface area contributed by atoms with Gasteiger partial charge in [0.1, 0.15) is 0 Å². The van der Waals surface area contributed by atoms with Crippen LogP contribution in [0.15, 0.2) is 24.3 Å². The lowest BCUT2D eigenvalue weighted by atomic mass is 10.1. The average Bonchev–Trinajstić information content (AvgIpc) is 2.53. The van der Waals surface area contributed by atoms with Crippen LogP contribution in [0, 0.1) is 0 Å². The predicted molar refractivity (Wildman–Crippen MR) is 59.8 cm³/mol. The second-order valence-corrected chi connectivity index (χ2v) is 3.87. The summed E-state index contributed by atoms with van der Waals surface area (Å²) in [5.74, 6) is 0. The van der Waals surface area contributed by atoms with Crippen LogP contribution < -0.4 is 0 Å². The third-order valence-corrected chi connectivity index (χ3v) is 2.57. The van der Waals surface area contributed by atoms with Gasteiger partial charge in [-0.1, -0.05) is 30.7 Å². The first-order chi connectivity index (χ1) is 6.50. The summed E-state index contributed by atoms with van der Waals surface area (Å²) in [4.78, 5) is 0. The van der Waals surface area contributed by atoms with Crippen LogP contribution in [0.2, 0.25) is 0 Å². The molecule has 0 amide bonds. The van der Waals surface area contributed by atoms with Crippen LogP contribution in [0.5, 0.6) is 0 Å². The maximum atomic E-state index is 2.30. The standard InChI is InChI=1S/C7H12.C6H10/c1-2-4-6-7-5-3-1;1-2-4-6-5-3-1/h1-2H,3-7H2;1-2H,3-6H2. The zero-order valence-electron chi connectivity index (χ0n) is 8.67. The topological polar surface area (TPSA) is 0 Å². The smallest absolute Gasteiger partial charge is 0.0351 e. The van der Waals surface area contributed by atoms with Crippen molar-refractivity contribution in [3.63, 3.8) is 0 Å². The summed E-state index contributed by atoms with van der Waals surface area (Å²) >= 11 is 0. The van der Waals surface area contributed by atoms with Crippen LogP contribution >= 0.6 is 0 Å². The van der Waals surface area contributed by atoms with Crippen LogP contribution in [0.1, 0.15) is 57.8 Å². The summed E-state index contributed by atoms with van der Waals surface area (Å²) < 4.78 is 0. The molecule has 0 nitrogen and oxygen atoms in total. The highest BCUT2D eigenvalue weighted by Crippen LogP contribution is 2.08. The Morgan fingerprint density at radius 1 is 0.385 bits per heavy atom. The molecular formula is C13H22. The van der Waals surface area contributed by atoms with Crippen molar-refractivity contribution in [2.75, 3.05) is 0 Å². The van der Waals surface area contributed by atoms with E-state index in [1.807, 2.05) is 0 Å². The van der Waals surface area contributed by atoms with Crippen molar-refractivity contribution in [1.82, 2.24) is 0 Å². The van der Waals surface area contributed by atoms with Gasteiger partial charge in [0.05, 0.1) is 0 Å². The molecule has 74 valence electrons.